The van der Waals surface area contributed by atoms with E-state index in [1.807, 2.05) is 58.0 Å². The van der Waals surface area contributed by atoms with Gasteiger partial charge in [0.2, 0.25) is 11.8 Å². The third-order valence-corrected chi connectivity index (χ3v) is 8.55. The fraction of sp³-hybridized carbons (Fsp3) is 0.333. The van der Waals surface area contributed by atoms with Crippen LogP contribution < -0.4 is 9.62 Å². The number of benzene rings is 3. The summed E-state index contributed by atoms with van der Waals surface area (Å²) in [6.45, 7) is 9.54. The van der Waals surface area contributed by atoms with Gasteiger partial charge in [0.15, 0.2) is 0 Å². The topological polar surface area (TPSA) is 86.8 Å². The van der Waals surface area contributed by atoms with Crippen molar-refractivity contribution in [2.24, 2.45) is 5.92 Å². The molecule has 3 aromatic rings. The largest absolute Gasteiger partial charge is 0.354 e. The lowest BCUT2D eigenvalue weighted by molar-refractivity contribution is -0.139. The van der Waals surface area contributed by atoms with Crippen molar-refractivity contribution in [3.8, 4) is 0 Å². The summed E-state index contributed by atoms with van der Waals surface area (Å²) in [5.74, 6) is -0.540. The number of carbonyl (C=O) groups is 2. The smallest absolute Gasteiger partial charge is 0.264 e. The molecule has 208 valence electrons. The van der Waals surface area contributed by atoms with Crippen LogP contribution in [0.5, 0.6) is 0 Å². The van der Waals surface area contributed by atoms with Crippen molar-refractivity contribution in [1.29, 1.82) is 0 Å². The Balaban J connectivity index is 2.01. The number of sulfonamides is 1. The number of nitrogens with one attached hydrogen (secondary N) is 1. The van der Waals surface area contributed by atoms with Crippen LogP contribution in [0, 0.1) is 19.8 Å². The molecule has 0 aliphatic heterocycles. The van der Waals surface area contributed by atoms with Gasteiger partial charge in [-0.15, -0.1) is 0 Å². The zero-order valence-electron chi connectivity index (χ0n) is 23.0. The SMILES string of the molecule is Cc1ccc(S(=O)(=O)N(CC(=O)N(Cc2cccc(Br)c2)[C@H](C)C(=O)NCC(C)C)c2cccc(C)c2)cc1. The molecule has 9 heteroatoms. The zero-order valence-corrected chi connectivity index (χ0v) is 25.4. The lowest BCUT2D eigenvalue weighted by Crippen LogP contribution is -2.51. The van der Waals surface area contributed by atoms with E-state index in [1.54, 1.807) is 49.4 Å². The minimum atomic E-state index is -4.09. The summed E-state index contributed by atoms with van der Waals surface area (Å²) < 4.78 is 29.7. The number of hydrogen-bond donors (Lipinski definition) is 1. The highest BCUT2D eigenvalue weighted by Gasteiger charge is 2.32. The van der Waals surface area contributed by atoms with Crippen molar-refractivity contribution < 1.29 is 18.0 Å². The van der Waals surface area contributed by atoms with E-state index in [0.29, 0.717) is 12.2 Å². The normalized spacial score (nSPS) is 12.2. The van der Waals surface area contributed by atoms with Crippen LogP contribution in [0.3, 0.4) is 0 Å². The predicted octanol–water partition coefficient (Wildman–Crippen LogP) is 5.45. The van der Waals surface area contributed by atoms with Gasteiger partial charge in [-0.1, -0.05) is 71.7 Å². The van der Waals surface area contributed by atoms with E-state index in [0.717, 1.165) is 25.5 Å². The number of amides is 2. The highest BCUT2D eigenvalue weighted by molar-refractivity contribution is 9.10. The van der Waals surface area contributed by atoms with Crippen LogP contribution in [0.15, 0.2) is 82.2 Å². The van der Waals surface area contributed by atoms with Gasteiger partial charge < -0.3 is 10.2 Å². The van der Waals surface area contributed by atoms with Crippen LogP contribution in [-0.2, 0) is 26.2 Å². The molecule has 3 rings (SSSR count). The quantitative estimate of drug-likeness (QED) is 0.311. The van der Waals surface area contributed by atoms with Crippen LogP contribution >= 0.6 is 15.9 Å². The van der Waals surface area contributed by atoms with E-state index in [-0.39, 0.29) is 23.3 Å². The number of anilines is 1. The van der Waals surface area contributed by atoms with Crippen molar-refractivity contribution in [2.45, 2.75) is 52.1 Å². The first-order valence-corrected chi connectivity index (χ1v) is 15.1. The first-order chi connectivity index (χ1) is 18.4. The van der Waals surface area contributed by atoms with E-state index in [9.17, 15) is 18.0 Å². The molecular weight excluding hydrogens is 578 g/mol. The van der Waals surface area contributed by atoms with E-state index in [1.165, 1.54) is 4.90 Å². The van der Waals surface area contributed by atoms with E-state index < -0.39 is 28.5 Å². The van der Waals surface area contributed by atoms with Gasteiger partial charge >= 0.3 is 0 Å². The second kappa shape index (κ2) is 13.3. The summed E-state index contributed by atoms with van der Waals surface area (Å²) in [6, 6.07) is 20.2. The van der Waals surface area contributed by atoms with Crippen molar-refractivity contribution in [2.75, 3.05) is 17.4 Å². The number of rotatable bonds is 11. The summed E-state index contributed by atoms with van der Waals surface area (Å²) >= 11 is 3.46. The molecule has 0 heterocycles. The fourth-order valence-electron chi connectivity index (χ4n) is 4.02. The molecule has 0 bridgehead atoms. The van der Waals surface area contributed by atoms with Gasteiger partial charge in [-0.05, 0) is 74.2 Å². The Morgan fingerprint density at radius 2 is 1.56 bits per heavy atom. The summed E-state index contributed by atoms with van der Waals surface area (Å²) in [4.78, 5) is 28.5. The van der Waals surface area contributed by atoms with Crippen LogP contribution in [-0.4, -0.2) is 44.3 Å². The summed E-state index contributed by atoms with van der Waals surface area (Å²) in [7, 11) is -4.09. The molecule has 1 atom stereocenters. The first kappa shape index (κ1) is 30.4. The zero-order chi connectivity index (χ0) is 28.7. The molecule has 0 spiro atoms. The second-order valence-corrected chi connectivity index (χ2v) is 12.9. The highest BCUT2D eigenvalue weighted by atomic mass is 79.9. The van der Waals surface area contributed by atoms with Gasteiger partial charge in [0.05, 0.1) is 10.6 Å². The molecule has 0 unspecified atom stereocenters. The summed E-state index contributed by atoms with van der Waals surface area (Å²) in [5.41, 5.74) is 2.97. The Labute approximate surface area is 240 Å². The van der Waals surface area contributed by atoms with E-state index in [2.05, 4.69) is 21.2 Å². The Bertz CT molecular complexity index is 1410. The number of carbonyl (C=O) groups excluding carboxylic acids is 2. The molecule has 0 fully saturated rings. The Morgan fingerprint density at radius 3 is 2.18 bits per heavy atom. The van der Waals surface area contributed by atoms with Crippen LogP contribution in [0.25, 0.3) is 0 Å². The molecule has 3 aromatic carbocycles. The van der Waals surface area contributed by atoms with Gasteiger partial charge in [0.25, 0.3) is 10.0 Å². The monoisotopic (exact) mass is 613 g/mol. The molecule has 0 aromatic heterocycles. The molecule has 1 N–H and O–H groups in total. The van der Waals surface area contributed by atoms with Gasteiger partial charge in [-0.2, -0.15) is 0 Å². The van der Waals surface area contributed by atoms with Crippen LogP contribution in [0.1, 0.15) is 37.5 Å². The molecule has 0 saturated carbocycles. The standard InChI is InChI=1S/C30H36BrN3O4S/c1-21(2)18-32-30(36)24(5)33(19-25-9-7-10-26(31)17-25)29(35)20-34(27-11-6-8-23(4)16-27)39(37,38)28-14-12-22(3)13-15-28/h6-17,21,24H,18-20H2,1-5H3,(H,32,36)/t24-/m1/s1. The van der Waals surface area contributed by atoms with Crippen LogP contribution in [0.2, 0.25) is 0 Å². The maximum atomic E-state index is 13.9. The molecule has 0 saturated heterocycles. The Kier molecular flexibility index (Phi) is 10.3. The number of nitrogens with zero attached hydrogens (tertiary/aromatic N) is 2. The minimum Gasteiger partial charge on any atom is -0.354 e. The minimum absolute atomic E-state index is 0.0867. The second-order valence-electron chi connectivity index (χ2n) is 10.1. The van der Waals surface area contributed by atoms with Gasteiger partial charge in [-0.25, -0.2) is 8.42 Å². The summed E-state index contributed by atoms with van der Waals surface area (Å²) in [5, 5.41) is 2.89. The third kappa shape index (κ3) is 8.16. The molecule has 0 radical (unpaired) electrons. The number of halogens is 1. The van der Waals surface area contributed by atoms with Gasteiger partial charge in [0, 0.05) is 17.6 Å². The predicted molar refractivity (Wildman–Crippen MR) is 159 cm³/mol. The van der Waals surface area contributed by atoms with Crippen LogP contribution in [0.4, 0.5) is 5.69 Å². The molecule has 0 aliphatic rings. The van der Waals surface area contributed by atoms with Gasteiger partial charge in [-0.3, -0.25) is 13.9 Å². The van der Waals surface area contributed by atoms with E-state index >= 15 is 0 Å². The van der Waals surface area contributed by atoms with Gasteiger partial charge in [0.1, 0.15) is 12.6 Å². The maximum Gasteiger partial charge on any atom is 0.264 e. The highest BCUT2D eigenvalue weighted by Crippen LogP contribution is 2.26. The Morgan fingerprint density at radius 1 is 0.897 bits per heavy atom. The molecule has 39 heavy (non-hydrogen) atoms. The third-order valence-electron chi connectivity index (χ3n) is 6.27. The van der Waals surface area contributed by atoms with Crippen molar-refractivity contribution >= 4 is 43.5 Å². The molecule has 0 aliphatic carbocycles. The summed E-state index contributed by atoms with van der Waals surface area (Å²) in [6.07, 6.45) is 0. The first-order valence-electron chi connectivity index (χ1n) is 12.9. The number of aryl methyl sites for hydroxylation is 2. The average Bonchev–Trinajstić information content (AvgIpc) is 2.88. The maximum absolute atomic E-state index is 13.9. The lowest BCUT2D eigenvalue weighted by Gasteiger charge is -2.32. The Hall–Kier alpha value is -3.17. The molecular formula is C30H36BrN3O4S. The van der Waals surface area contributed by atoms with Crippen molar-refractivity contribution in [3.63, 3.8) is 0 Å². The van der Waals surface area contributed by atoms with Crippen molar-refractivity contribution in [1.82, 2.24) is 10.2 Å². The average molecular weight is 615 g/mol. The molecule has 7 nitrogen and oxygen atoms in total. The van der Waals surface area contributed by atoms with Crippen molar-refractivity contribution in [3.05, 3.63) is 94.0 Å². The molecule has 2 amide bonds. The lowest BCUT2D eigenvalue weighted by atomic mass is 10.1. The van der Waals surface area contributed by atoms with E-state index in [4.69, 9.17) is 0 Å². The number of hydrogen-bond acceptors (Lipinski definition) is 4. The fourth-order valence-corrected chi connectivity index (χ4v) is 5.87.